The molecule has 0 radical (unpaired) electrons. The van der Waals surface area contributed by atoms with E-state index < -0.39 is 5.06 Å². The summed E-state index contributed by atoms with van der Waals surface area (Å²) in [5, 5.41) is -0.720. The van der Waals surface area contributed by atoms with Crippen molar-refractivity contribution in [1.29, 1.82) is 0 Å². The molecule has 0 fully saturated rings. The topological polar surface area (TPSA) is 18.5 Å². The van der Waals surface area contributed by atoms with Gasteiger partial charge in [-0.25, -0.2) is 0 Å². The summed E-state index contributed by atoms with van der Waals surface area (Å²) in [6, 6.07) is 0. The van der Waals surface area contributed by atoms with Crippen LogP contribution in [0, 0.1) is 0 Å². The van der Waals surface area contributed by atoms with Crippen molar-refractivity contribution in [2.45, 2.75) is 57.3 Å². The molecule has 16 heavy (non-hydrogen) atoms. The molecule has 2 nitrogen and oxygen atoms in total. The van der Waals surface area contributed by atoms with Crippen molar-refractivity contribution in [2.24, 2.45) is 0 Å². The van der Waals surface area contributed by atoms with Gasteiger partial charge in [0.1, 0.15) is 5.56 Å². The monoisotopic (exact) mass is 268 g/mol. The van der Waals surface area contributed by atoms with Gasteiger partial charge in [0.25, 0.3) is 0 Å². The van der Waals surface area contributed by atoms with Gasteiger partial charge in [-0.05, 0) is 39.7 Å². The van der Waals surface area contributed by atoms with E-state index >= 15 is 0 Å². The fraction of sp³-hybridized carbons (Fsp3) is 0.833. The lowest BCUT2D eigenvalue weighted by molar-refractivity contribution is 0.00400. The van der Waals surface area contributed by atoms with Crippen LogP contribution in [0.15, 0.2) is 12.2 Å². The first kappa shape index (κ1) is 16.2. The molecule has 0 bridgehead atoms. The Kier molecular flexibility index (Phi) is 8.47. The zero-order valence-electron chi connectivity index (χ0n) is 10.5. The van der Waals surface area contributed by atoms with E-state index in [-0.39, 0.29) is 11.7 Å². The number of allylic oxidation sites excluding steroid dienone is 1. The molecule has 0 saturated heterocycles. The van der Waals surface area contributed by atoms with Crippen molar-refractivity contribution >= 4 is 23.2 Å². The summed E-state index contributed by atoms with van der Waals surface area (Å²) in [6.07, 6.45) is 5.67. The van der Waals surface area contributed by atoms with Gasteiger partial charge in [-0.3, -0.25) is 0 Å². The maximum Gasteiger partial charge on any atom is 0.157 e. The maximum absolute atomic E-state index is 6.13. The lowest BCUT2D eigenvalue weighted by Crippen LogP contribution is -2.22. The van der Waals surface area contributed by atoms with E-state index in [9.17, 15) is 0 Å². The molecule has 0 aliphatic carbocycles. The highest BCUT2D eigenvalue weighted by Gasteiger charge is 2.17. The van der Waals surface area contributed by atoms with Gasteiger partial charge in [0.15, 0.2) is 5.06 Å². The lowest BCUT2D eigenvalue weighted by Gasteiger charge is -2.21. The zero-order valence-corrected chi connectivity index (χ0v) is 12.0. The molecule has 4 heteroatoms. The Labute approximate surface area is 109 Å². The van der Waals surface area contributed by atoms with Crippen molar-refractivity contribution in [2.75, 3.05) is 6.61 Å². The molecule has 3 unspecified atom stereocenters. The van der Waals surface area contributed by atoms with Crippen molar-refractivity contribution in [3.63, 3.8) is 0 Å². The minimum atomic E-state index is -0.720. The molecule has 0 aromatic heterocycles. The molecule has 0 aliphatic heterocycles. The normalized spacial score (nSPS) is 19.6. The van der Waals surface area contributed by atoms with Crippen molar-refractivity contribution < 1.29 is 9.47 Å². The van der Waals surface area contributed by atoms with Crippen LogP contribution in [-0.2, 0) is 9.47 Å². The standard InChI is InChI=1S/C12H22Cl2O2/c1-5-6-8-12(4,14)15-9-7-10(2)16-11(3)13/h6,8,10-11H,5,7,9H2,1-4H3. The number of ether oxygens (including phenoxy) is 2. The van der Waals surface area contributed by atoms with E-state index in [2.05, 4.69) is 6.92 Å². The van der Waals surface area contributed by atoms with Gasteiger partial charge < -0.3 is 9.47 Å². The summed E-state index contributed by atoms with van der Waals surface area (Å²) in [4.78, 5) is 0. The van der Waals surface area contributed by atoms with Crippen LogP contribution >= 0.6 is 23.2 Å². The largest absolute Gasteiger partial charge is 0.360 e. The van der Waals surface area contributed by atoms with Crippen LogP contribution in [0.4, 0.5) is 0 Å². The van der Waals surface area contributed by atoms with E-state index in [0.29, 0.717) is 6.61 Å². The van der Waals surface area contributed by atoms with Crippen LogP contribution in [0.3, 0.4) is 0 Å². The minimum Gasteiger partial charge on any atom is -0.360 e. The SMILES string of the molecule is CCC=CC(C)(Cl)OCCC(C)OC(C)Cl. The molecule has 0 rings (SSSR count). The second kappa shape index (κ2) is 8.35. The Bertz CT molecular complexity index is 203. The fourth-order valence-electron chi connectivity index (χ4n) is 1.19. The number of halogens is 2. The van der Waals surface area contributed by atoms with E-state index in [1.807, 2.05) is 26.0 Å². The molecule has 0 N–H and O–H groups in total. The second-order valence-electron chi connectivity index (χ2n) is 3.92. The van der Waals surface area contributed by atoms with Crippen LogP contribution in [0.2, 0.25) is 0 Å². The first-order chi connectivity index (χ1) is 7.37. The third kappa shape index (κ3) is 9.46. The third-order valence-corrected chi connectivity index (χ3v) is 2.32. The summed E-state index contributed by atoms with van der Waals surface area (Å²) in [5.74, 6) is 0. The minimum absolute atomic E-state index is 0.0788. The molecular weight excluding hydrogens is 247 g/mol. The molecule has 96 valence electrons. The van der Waals surface area contributed by atoms with E-state index in [1.165, 1.54) is 0 Å². The number of hydrogen-bond acceptors (Lipinski definition) is 2. The molecule has 0 spiro atoms. The van der Waals surface area contributed by atoms with Crippen LogP contribution < -0.4 is 0 Å². The Hall–Kier alpha value is 0.240. The Morgan fingerprint density at radius 3 is 2.50 bits per heavy atom. The summed E-state index contributed by atoms with van der Waals surface area (Å²) in [5.41, 5.74) is -0.266. The van der Waals surface area contributed by atoms with Crippen molar-refractivity contribution in [3.8, 4) is 0 Å². The zero-order chi connectivity index (χ0) is 12.6. The molecule has 0 aromatic rings. The van der Waals surface area contributed by atoms with Crippen molar-refractivity contribution in [1.82, 2.24) is 0 Å². The number of hydrogen-bond donors (Lipinski definition) is 0. The molecular formula is C12H22Cl2O2. The number of rotatable bonds is 8. The lowest BCUT2D eigenvalue weighted by atomic mass is 10.3. The predicted molar refractivity (Wildman–Crippen MR) is 70.1 cm³/mol. The Balaban J connectivity index is 3.75. The molecule has 0 aromatic carbocycles. The number of alkyl halides is 2. The second-order valence-corrected chi connectivity index (χ2v) is 5.29. The van der Waals surface area contributed by atoms with E-state index in [4.69, 9.17) is 32.7 Å². The molecule has 0 heterocycles. The van der Waals surface area contributed by atoms with Crippen LogP contribution in [0.1, 0.15) is 40.5 Å². The van der Waals surface area contributed by atoms with Gasteiger partial charge in [-0.2, -0.15) is 0 Å². The molecule has 3 atom stereocenters. The summed E-state index contributed by atoms with van der Waals surface area (Å²) >= 11 is 11.8. The van der Waals surface area contributed by atoms with Crippen LogP contribution in [0.5, 0.6) is 0 Å². The Morgan fingerprint density at radius 1 is 1.38 bits per heavy atom. The van der Waals surface area contributed by atoms with Crippen molar-refractivity contribution in [3.05, 3.63) is 12.2 Å². The Morgan fingerprint density at radius 2 is 2.00 bits per heavy atom. The van der Waals surface area contributed by atoms with E-state index in [0.717, 1.165) is 12.8 Å². The van der Waals surface area contributed by atoms with Gasteiger partial charge in [0.05, 0.1) is 12.7 Å². The highest BCUT2D eigenvalue weighted by atomic mass is 35.5. The molecule has 0 saturated carbocycles. The summed E-state index contributed by atoms with van der Waals surface area (Å²) in [6.45, 7) is 8.21. The first-order valence-corrected chi connectivity index (χ1v) is 6.49. The van der Waals surface area contributed by atoms with Gasteiger partial charge >= 0.3 is 0 Å². The predicted octanol–water partition coefficient (Wildman–Crippen LogP) is 4.30. The maximum atomic E-state index is 6.13. The van der Waals surface area contributed by atoms with E-state index in [1.54, 1.807) is 6.92 Å². The third-order valence-electron chi connectivity index (χ3n) is 1.98. The molecule has 0 amide bonds. The highest BCUT2D eigenvalue weighted by molar-refractivity contribution is 6.23. The van der Waals surface area contributed by atoms with Gasteiger partial charge in [0, 0.05) is 0 Å². The van der Waals surface area contributed by atoms with Gasteiger partial charge in [-0.1, -0.05) is 36.2 Å². The van der Waals surface area contributed by atoms with Crippen LogP contribution in [0.25, 0.3) is 0 Å². The highest BCUT2D eigenvalue weighted by Crippen LogP contribution is 2.19. The average Bonchev–Trinajstić information content (AvgIpc) is 2.13. The average molecular weight is 269 g/mol. The smallest absolute Gasteiger partial charge is 0.157 e. The summed E-state index contributed by atoms with van der Waals surface area (Å²) < 4.78 is 10.9. The fourth-order valence-corrected chi connectivity index (χ4v) is 1.53. The summed E-state index contributed by atoms with van der Waals surface area (Å²) in [7, 11) is 0. The quantitative estimate of drug-likeness (QED) is 0.483. The van der Waals surface area contributed by atoms with Gasteiger partial charge in [0.2, 0.25) is 0 Å². The first-order valence-electron chi connectivity index (χ1n) is 5.67. The molecule has 0 aliphatic rings. The van der Waals surface area contributed by atoms with Gasteiger partial charge in [-0.15, -0.1) is 0 Å². The van der Waals surface area contributed by atoms with Crippen LogP contribution in [-0.4, -0.2) is 23.3 Å².